The molecule has 18 heavy (non-hydrogen) atoms. The van der Waals surface area contributed by atoms with E-state index in [-0.39, 0.29) is 18.3 Å². The van der Waals surface area contributed by atoms with Crippen molar-refractivity contribution in [2.24, 2.45) is 0 Å². The van der Waals surface area contributed by atoms with Crippen molar-refractivity contribution >= 4 is 23.4 Å². The molecule has 4 nitrogen and oxygen atoms in total. The lowest BCUT2D eigenvalue weighted by molar-refractivity contribution is 0.0992. The predicted octanol–water partition coefficient (Wildman–Crippen LogP) is 2.75. The van der Waals surface area contributed by atoms with Gasteiger partial charge >= 0.3 is 0 Å². The highest BCUT2D eigenvalue weighted by atomic mass is 32.2. The molecule has 2 N–H and O–H groups in total. The van der Waals surface area contributed by atoms with Gasteiger partial charge in [0.15, 0.2) is 10.9 Å². The number of aliphatic hydroxyl groups is 1. The predicted molar refractivity (Wildman–Crippen MR) is 70.8 cm³/mol. The van der Waals surface area contributed by atoms with Crippen LogP contribution in [0.15, 0.2) is 45.9 Å². The lowest BCUT2D eigenvalue weighted by atomic mass is 10.2. The van der Waals surface area contributed by atoms with Crippen LogP contribution in [0.5, 0.6) is 0 Å². The van der Waals surface area contributed by atoms with Gasteiger partial charge in [-0.05, 0) is 36.1 Å². The molecule has 0 fully saturated rings. The van der Waals surface area contributed by atoms with Crippen LogP contribution in [-0.2, 0) is 6.61 Å². The molecule has 1 aromatic carbocycles. The van der Waals surface area contributed by atoms with Crippen LogP contribution in [0.2, 0.25) is 0 Å². The summed E-state index contributed by atoms with van der Waals surface area (Å²) in [5.74, 6) is -0.0286. The van der Waals surface area contributed by atoms with E-state index in [2.05, 4.69) is 5.32 Å². The van der Waals surface area contributed by atoms with Crippen molar-refractivity contribution in [1.29, 1.82) is 0 Å². The first-order valence-electron chi connectivity index (χ1n) is 5.38. The topological polar surface area (TPSA) is 62.5 Å². The number of carbonyl (C=O) groups is 1. The largest absolute Gasteiger partial charge is 0.445 e. The van der Waals surface area contributed by atoms with E-state index in [9.17, 15) is 4.79 Å². The molecule has 2 aromatic rings. The van der Waals surface area contributed by atoms with Gasteiger partial charge in [0.25, 0.3) is 5.91 Å². The van der Waals surface area contributed by atoms with Gasteiger partial charge in [0.2, 0.25) is 0 Å². The van der Waals surface area contributed by atoms with Crippen LogP contribution in [-0.4, -0.2) is 17.3 Å². The number of furan rings is 1. The van der Waals surface area contributed by atoms with Gasteiger partial charge in [0, 0.05) is 5.69 Å². The van der Waals surface area contributed by atoms with E-state index in [4.69, 9.17) is 9.52 Å². The van der Waals surface area contributed by atoms with Gasteiger partial charge in [-0.3, -0.25) is 4.79 Å². The second-order valence-electron chi connectivity index (χ2n) is 3.64. The van der Waals surface area contributed by atoms with E-state index < -0.39 is 0 Å². The second kappa shape index (κ2) is 5.75. The van der Waals surface area contributed by atoms with E-state index in [1.807, 2.05) is 6.26 Å². The third-order valence-corrected chi connectivity index (χ3v) is 3.00. The molecule has 1 amide bonds. The molecule has 0 radical (unpaired) electrons. The fourth-order valence-electron chi connectivity index (χ4n) is 1.49. The molecular weight excluding hydrogens is 250 g/mol. The Labute approximate surface area is 109 Å². The van der Waals surface area contributed by atoms with Crippen LogP contribution in [0, 0.1) is 0 Å². The van der Waals surface area contributed by atoms with Gasteiger partial charge in [-0.1, -0.05) is 23.9 Å². The van der Waals surface area contributed by atoms with Crippen molar-refractivity contribution in [2.75, 3.05) is 11.6 Å². The number of nitrogens with one attached hydrogen (secondary N) is 1. The van der Waals surface area contributed by atoms with Gasteiger partial charge in [-0.25, -0.2) is 0 Å². The van der Waals surface area contributed by atoms with Crippen molar-refractivity contribution in [3.63, 3.8) is 0 Å². The van der Waals surface area contributed by atoms with E-state index in [0.717, 1.165) is 5.56 Å². The maximum Gasteiger partial charge on any atom is 0.291 e. The highest BCUT2D eigenvalue weighted by molar-refractivity contribution is 7.98. The third-order valence-electron chi connectivity index (χ3n) is 2.37. The molecule has 0 aliphatic rings. The standard InChI is InChI=1S/C13H13NO3S/c1-18-12-6-5-11(17-12)13(16)14-10-4-2-3-9(7-10)8-15/h2-7,15H,8H2,1H3,(H,14,16). The Morgan fingerprint density at radius 1 is 1.39 bits per heavy atom. The Morgan fingerprint density at radius 2 is 2.22 bits per heavy atom. The molecule has 1 aromatic heterocycles. The average molecular weight is 263 g/mol. The second-order valence-corrected chi connectivity index (χ2v) is 4.45. The minimum atomic E-state index is -0.301. The van der Waals surface area contributed by atoms with Crippen molar-refractivity contribution in [1.82, 2.24) is 0 Å². The number of carbonyl (C=O) groups excluding carboxylic acids is 1. The Bertz CT molecular complexity index is 551. The normalized spacial score (nSPS) is 10.3. The first kappa shape index (κ1) is 12.7. The number of aliphatic hydroxyl groups excluding tert-OH is 1. The maximum absolute atomic E-state index is 11.9. The third kappa shape index (κ3) is 2.94. The smallest absolute Gasteiger partial charge is 0.291 e. The number of thioether (sulfide) groups is 1. The van der Waals surface area contributed by atoms with E-state index in [1.54, 1.807) is 36.4 Å². The van der Waals surface area contributed by atoms with Gasteiger partial charge in [-0.15, -0.1) is 0 Å². The lowest BCUT2D eigenvalue weighted by Gasteiger charge is -2.04. The maximum atomic E-state index is 11.9. The first-order chi connectivity index (χ1) is 8.72. The Balaban J connectivity index is 2.10. The van der Waals surface area contributed by atoms with Gasteiger partial charge < -0.3 is 14.8 Å². The highest BCUT2D eigenvalue weighted by Crippen LogP contribution is 2.19. The Hall–Kier alpha value is -1.72. The molecule has 0 aliphatic heterocycles. The van der Waals surface area contributed by atoms with E-state index in [0.29, 0.717) is 10.8 Å². The zero-order valence-corrected chi connectivity index (χ0v) is 10.7. The van der Waals surface area contributed by atoms with Gasteiger partial charge in [-0.2, -0.15) is 0 Å². The summed E-state index contributed by atoms with van der Waals surface area (Å²) in [7, 11) is 0. The fourth-order valence-corrected chi connectivity index (χ4v) is 1.87. The molecule has 0 spiro atoms. The molecule has 0 bridgehead atoms. The quantitative estimate of drug-likeness (QED) is 0.833. The fraction of sp³-hybridized carbons (Fsp3) is 0.154. The minimum absolute atomic E-state index is 0.0545. The summed E-state index contributed by atoms with van der Waals surface area (Å²) in [5.41, 5.74) is 1.38. The van der Waals surface area contributed by atoms with Crippen LogP contribution < -0.4 is 5.32 Å². The Kier molecular flexibility index (Phi) is 4.07. The molecule has 0 aliphatic carbocycles. The summed E-state index contributed by atoms with van der Waals surface area (Å²) in [6.45, 7) is -0.0545. The molecule has 2 rings (SSSR count). The number of hydrogen-bond donors (Lipinski definition) is 2. The van der Waals surface area contributed by atoms with Crippen LogP contribution in [0.25, 0.3) is 0 Å². The number of hydrogen-bond acceptors (Lipinski definition) is 4. The molecule has 0 atom stereocenters. The lowest BCUT2D eigenvalue weighted by Crippen LogP contribution is -2.10. The first-order valence-corrected chi connectivity index (χ1v) is 6.60. The Morgan fingerprint density at radius 3 is 2.89 bits per heavy atom. The van der Waals surface area contributed by atoms with Crippen LogP contribution in [0.3, 0.4) is 0 Å². The molecule has 5 heteroatoms. The zero-order valence-electron chi connectivity index (χ0n) is 9.84. The van der Waals surface area contributed by atoms with Gasteiger partial charge in [0.05, 0.1) is 6.61 Å². The average Bonchev–Trinajstić information content (AvgIpc) is 2.88. The van der Waals surface area contributed by atoms with Crippen molar-refractivity contribution in [3.05, 3.63) is 47.7 Å². The minimum Gasteiger partial charge on any atom is -0.445 e. The SMILES string of the molecule is CSc1ccc(C(=O)Nc2cccc(CO)c2)o1. The van der Waals surface area contributed by atoms with Crippen molar-refractivity contribution in [3.8, 4) is 0 Å². The molecule has 94 valence electrons. The summed E-state index contributed by atoms with van der Waals surface area (Å²) in [6, 6.07) is 10.4. The van der Waals surface area contributed by atoms with Crippen LogP contribution in [0.4, 0.5) is 5.69 Å². The summed E-state index contributed by atoms with van der Waals surface area (Å²) in [5, 5.41) is 12.4. The van der Waals surface area contributed by atoms with Crippen LogP contribution >= 0.6 is 11.8 Å². The van der Waals surface area contributed by atoms with Crippen LogP contribution in [0.1, 0.15) is 16.1 Å². The molecule has 1 heterocycles. The summed E-state index contributed by atoms with van der Waals surface area (Å²) < 4.78 is 5.32. The summed E-state index contributed by atoms with van der Waals surface area (Å²) in [6.07, 6.45) is 1.88. The summed E-state index contributed by atoms with van der Waals surface area (Å²) in [4.78, 5) is 11.9. The number of rotatable bonds is 4. The monoisotopic (exact) mass is 263 g/mol. The van der Waals surface area contributed by atoms with E-state index >= 15 is 0 Å². The molecular formula is C13H13NO3S. The molecule has 0 unspecified atom stereocenters. The number of benzene rings is 1. The number of anilines is 1. The van der Waals surface area contributed by atoms with Gasteiger partial charge in [0.1, 0.15) is 0 Å². The van der Waals surface area contributed by atoms with Crippen molar-refractivity contribution < 1.29 is 14.3 Å². The van der Waals surface area contributed by atoms with E-state index in [1.165, 1.54) is 11.8 Å². The highest BCUT2D eigenvalue weighted by Gasteiger charge is 2.11. The molecule has 0 saturated carbocycles. The zero-order chi connectivity index (χ0) is 13.0. The van der Waals surface area contributed by atoms with Crippen molar-refractivity contribution in [2.45, 2.75) is 11.7 Å². The molecule has 0 saturated heterocycles. The summed E-state index contributed by atoms with van der Waals surface area (Å²) >= 11 is 1.44. The number of amides is 1.